The van der Waals surface area contributed by atoms with Crippen LogP contribution < -0.4 is 10.1 Å². The molecule has 5 nitrogen and oxygen atoms in total. The Morgan fingerprint density at radius 3 is 2.45 bits per heavy atom. The first-order valence-electron chi connectivity index (χ1n) is 10.4. The number of rotatable bonds is 9. The molecule has 0 aliphatic heterocycles. The molecule has 29 heavy (non-hydrogen) atoms. The van der Waals surface area contributed by atoms with Crippen LogP contribution >= 0.6 is 0 Å². The quantitative estimate of drug-likeness (QED) is 0.708. The maximum absolute atomic E-state index is 12.9. The van der Waals surface area contributed by atoms with Crippen LogP contribution in [0.15, 0.2) is 48.5 Å². The van der Waals surface area contributed by atoms with Crippen molar-refractivity contribution in [2.45, 2.75) is 57.2 Å². The van der Waals surface area contributed by atoms with Gasteiger partial charge in [0.2, 0.25) is 5.91 Å². The Balaban J connectivity index is 1.34. The SMILES string of the molecule is COc1cccc(CCC(=O)N(Cc2ccc(C(=O)NC3CC3)cc2)C2CC2)c1. The molecule has 0 atom stereocenters. The second kappa shape index (κ2) is 8.68. The number of benzene rings is 2. The molecule has 4 rings (SSSR count). The van der Waals surface area contributed by atoms with E-state index in [0.717, 1.165) is 42.6 Å². The number of aryl methyl sites for hydroxylation is 1. The van der Waals surface area contributed by atoms with Crippen LogP contribution in [0, 0.1) is 0 Å². The summed E-state index contributed by atoms with van der Waals surface area (Å²) in [4.78, 5) is 27.0. The van der Waals surface area contributed by atoms with Crippen molar-refractivity contribution < 1.29 is 14.3 Å². The average molecular weight is 392 g/mol. The Kier molecular flexibility index (Phi) is 5.84. The summed E-state index contributed by atoms with van der Waals surface area (Å²) >= 11 is 0. The molecule has 2 aliphatic carbocycles. The van der Waals surface area contributed by atoms with E-state index < -0.39 is 0 Å². The third-order valence-electron chi connectivity index (χ3n) is 5.55. The summed E-state index contributed by atoms with van der Waals surface area (Å²) < 4.78 is 5.26. The predicted molar refractivity (Wildman–Crippen MR) is 112 cm³/mol. The second-order valence-corrected chi connectivity index (χ2v) is 8.05. The Hall–Kier alpha value is -2.82. The Morgan fingerprint density at radius 2 is 1.79 bits per heavy atom. The van der Waals surface area contributed by atoms with Gasteiger partial charge in [-0.05, 0) is 67.5 Å². The molecule has 5 heteroatoms. The molecular weight excluding hydrogens is 364 g/mol. The van der Waals surface area contributed by atoms with Crippen molar-refractivity contribution in [2.75, 3.05) is 7.11 Å². The van der Waals surface area contributed by atoms with Gasteiger partial charge in [-0.15, -0.1) is 0 Å². The fourth-order valence-corrected chi connectivity index (χ4v) is 3.48. The molecule has 1 N–H and O–H groups in total. The summed E-state index contributed by atoms with van der Waals surface area (Å²) in [6.45, 7) is 0.603. The van der Waals surface area contributed by atoms with Gasteiger partial charge in [-0.1, -0.05) is 24.3 Å². The number of hydrogen-bond acceptors (Lipinski definition) is 3. The van der Waals surface area contributed by atoms with Gasteiger partial charge in [-0.3, -0.25) is 9.59 Å². The highest BCUT2D eigenvalue weighted by atomic mass is 16.5. The minimum absolute atomic E-state index is 0.00698. The van der Waals surface area contributed by atoms with Crippen LogP contribution in [-0.4, -0.2) is 35.9 Å². The zero-order chi connectivity index (χ0) is 20.2. The van der Waals surface area contributed by atoms with Gasteiger partial charge < -0.3 is 15.0 Å². The molecule has 2 aromatic carbocycles. The number of amides is 2. The lowest BCUT2D eigenvalue weighted by atomic mass is 10.1. The van der Waals surface area contributed by atoms with Crippen molar-refractivity contribution in [1.82, 2.24) is 10.2 Å². The minimum atomic E-state index is -0.00698. The molecule has 2 saturated carbocycles. The van der Waals surface area contributed by atoms with Crippen LogP contribution in [0.1, 0.15) is 53.6 Å². The summed E-state index contributed by atoms with van der Waals surface area (Å²) in [7, 11) is 1.65. The Labute approximate surface area is 172 Å². The Bertz CT molecular complexity index is 870. The fraction of sp³-hybridized carbons (Fsp3) is 0.417. The molecule has 0 aromatic heterocycles. The maximum atomic E-state index is 12.9. The van der Waals surface area contributed by atoms with E-state index in [-0.39, 0.29) is 11.8 Å². The molecule has 0 spiro atoms. The number of methoxy groups -OCH3 is 1. The summed E-state index contributed by atoms with van der Waals surface area (Å²) in [5.74, 6) is 0.998. The van der Waals surface area contributed by atoms with Gasteiger partial charge in [0.25, 0.3) is 5.91 Å². The zero-order valence-corrected chi connectivity index (χ0v) is 16.9. The van der Waals surface area contributed by atoms with Crippen molar-refractivity contribution in [3.05, 3.63) is 65.2 Å². The van der Waals surface area contributed by atoms with E-state index in [9.17, 15) is 9.59 Å². The van der Waals surface area contributed by atoms with E-state index in [4.69, 9.17) is 4.74 Å². The first-order chi connectivity index (χ1) is 14.1. The zero-order valence-electron chi connectivity index (χ0n) is 16.9. The highest BCUT2D eigenvalue weighted by Gasteiger charge is 2.32. The highest BCUT2D eigenvalue weighted by molar-refractivity contribution is 5.94. The maximum Gasteiger partial charge on any atom is 0.251 e. The molecule has 0 radical (unpaired) electrons. The van der Waals surface area contributed by atoms with Gasteiger partial charge in [0.15, 0.2) is 0 Å². The van der Waals surface area contributed by atoms with Crippen LogP contribution in [0.25, 0.3) is 0 Å². The number of carbonyl (C=O) groups excluding carboxylic acids is 2. The number of hydrogen-bond donors (Lipinski definition) is 1. The number of carbonyl (C=O) groups is 2. The standard InChI is InChI=1S/C24H28N2O3/c1-29-22-4-2-3-17(15-22)7-14-23(27)26(21-12-13-21)16-18-5-8-19(9-6-18)24(28)25-20-10-11-20/h2-6,8-9,15,20-21H,7,10-14,16H2,1H3,(H,25,28). The summed E-state index contributed by atoms with van der Waals surface area (Å²) in [6, 6.07) is 16.2. The molecule has 0 bridgehead atoms. The monoisotopic (exact) mass is 392 g/mol. The van der Waals surface area contributed by atoms with E-state index in [0.29, 0.717) is 37.0 Å². The third-order valence-corrected chi connectivity index (χ3v) is 5.55. The minimum Gasteiger partial charge on any atom is -0.497 e. The Morgan fingerprint density at radius 1 is 1.03 bits per heavy atom. The van der Waals surface area contributed by atoms with E-state index in [1.54, 1.807) is 7.11 Å². The molecule has 2 aliphatic rings. The molecular formula is C24H28N2O3. The number of nitrogens with zero attached hydrogens (tertiary/aromatic N) is 1. The van der Waals surface area contributed by atoms with Crippen molar-refractivity contribution in [2.24, 2.45) is 0 Å². The predicted octanol–water partition coefficient (Wildman–Crippen LogP) is 3.71. The van der Waals surface area contributed by atoms with Crippen LogP contribution in [0.3, 0.4) is 0 Å². The highest BCUT2D eigenvalue weighted by Crippen LogP contribution is 2.29. The van der Waals surface area contributed by atoms with Crippen molar-refractivity contribution in [3.63, 3.8) is 0 Å². The van der Waals surface area contributed by atoms with E-state index in [1.165, 1.54) is 0 Å². The van der Waals surface area contributed by atoms with E-state index >= 15 is 0 Å². The van der Waals surface area contributed by atoms with Gasteiger partial charge in [-0.2, -0.15) is 0 Å². The van der Waals surface area contributed by atoms with Gasteiger partial charge >= 0.3 is 0 Å². The van der Waals surface area contributed by atoms with Gasteiger partial charge in [-0.25, -0.2) is 0 Å². The topological polar surface area (TPSA) is 58.6 Å². The van der Waals surface area contributed by atoms with Crippen LogP contribution in [-0.2, 0) is 17.8 Å². The lowest BCUT2D eigenvalue weighted by Gasteiger charge is -2.23. The molecule has 0 heterocycles. The van der Waals surface area contributed by atoms with Crippen LogP contribution in [0.5, 0.6) is 5.75 Å². The number of ether oxygens (including phenoxy) is 1. The van der Waals surface area contributed by atoms with E-state index in [2.05, 4.69) is 5.32 Å². The van der Waals surface area contributed by atoms with E-state index in [1.807, 2.05) is 53.4 Å². The largest absolute Gasteiger partial charge is 0.497 e. The van der Waals surface area contributed by atoms with Gasteiger partial charge in [0.05, 0.1) is 7.11 Å². The first kappa shape index (κ1) is 19.5. The molecule has 0 saturated heterocycles. The smallest absolute Gasteiger partial charge is 0.251 e. The van der Waals surface area contributed by atoms with Crippen molar-refractivity contribution in [3.8, 4) is 5.75 Å². The fourth-order valence-electron chi connectivity index (χ4n) is 3.48. The second-order valence-electron chi connectivity index (χ2n) is 8.05. The molecule has 0 unspecified atom stereocenters. The molecule has 2 amide bonds. The van der Waals surface area contributed by atoms with Crippen molar-refractivity contribution in [1.29, 1.82) is 0 Å². The average Bonchev–Trinajstić information content (AvgIpc) is 3.66. The molecule has 152 valence electrons. The van der Waals surface area contributed by atoms with Gasteiger partial charge in [0, 0.05) is 30.6 Å². The summed E-state index contributed by atoms with van der Waals surface area (Å²) in [5.41, 5.74) is 2.86. The summed E-state index contributed by atoms with van der Waals surface area (Å²) in [5, 5.41) is 3.00. The summed E-state index contributed by atoms with van der Waals surface area (Å²) in [6.07, 6.45) is 5.51. The van der Waals surface area contributed by atoms with Gasteiger partial charge in [0.1, 0.15) is 5.75 Å². The normalized spacial score (nSPS) is 15.6. The molecule has 2 aromatic rings. The number of nitrogens with one attached hydrogen (secondary N) is 1. The van der Waals surface area contributed by atoms with Crippen LogP contribution in [0.2, 0.25) is 0 Å². The first-order valence-corrected chi connectivity index (χ1v) is 10.4. The van der Waals surface area contributed by atoms with Crippen LogP contribution in [0.4, 0.5) is 0 Å². The lowest BCUT2D eigenvalue weighted by molar-refractivity contribution is -0.132. The lowest BCUT2D eigenvalue weighted by Crippen LogP contribution is -2.32. The van der Waals surface area contributed by atoms with Crippen molar-refractivity contribution >= 4 is 11.8 Å². The third kappa shape index (κ3) is 5.37. The molecule has 2 fully saturated rings.